The Morgan fingerprint density at radius 1 is 1.05 bits per heavy atom. The van der Waals surface area contributed by atoms with Crippen LogP contribution in [-0.4, -0.2) is 26.5 Å². The molecular formula is C12H6FN3O5. The molecular weight excluding hydrogens is 285 g/mol. The first-order chi connectivity index (χ1) is 9.90. The van der Waals surface area contributed by atoms with Gasteiger partial charge in [-0.1, -0.05) is 0 Å². The minimum Gasteiger partial charge on any atom is -0.492 e. The molecule has 1 aromatic heterocycles. The van der Waals surface area contributed by atoms with E-state index in [0.29, 0.717) is 4.57 Å². The molecule has 1 aliphatic heterocycles. The molecule has 106 valence electrons. The minimum absolute atomic E-state index is 0.0181. The Balaban J connectivity index is 2.29. The predicted molar refractivity (Wildman–Crippen MR) is 66.1 cm³/mol. The van der Waals surface area contributed by atoms with Gasteiger partial charge >= 0.3 is 5.69 Å². The van der Waals surface area contributed by atoms with Gasteiger partial charge in [0.2, 0.25) is 11.7 Å². The van der Waals surface area contributed by atoms with Gasteiger partial charge in [-0.3, -0.25) is 24.7 Å². The molecule has 21 heavy (non-hydrogen) atoms. The largest absolute Gasteiger partial charge is 0.492 e. The van der Waals surface area contributed by atoms with Crippen molar-refractivity contribution in [3.63, 3.8) is 0 Å². The van der Waals surface area contributed by atoms with Crippen LogP contribution in [0.15, 0.2) is 27.8 Å². The fraction of sp³-hybridized carbons (Fsp3) is 0. The quantitative estimate of drug-likeness (QED) is 0.597. The highest BCUT2D eigenvalue weighted by Crippen LogP contribution is 2.21. The molecule has 2 aromatic rings. The van der Waals surface area contributed by atoms with Gasteiger partial charge in [0.1, 0.15) is 0 Å². The first kappa shape index (κ1) is 12.8. The van der Waals surface area contributed by atoms with Crippen molar-refractivity contribution >= 4 is 11.8 Å². The van der Waals surface area contributed by atoms with Gasteiger partial charge < -0.3 is 5.11 Å². The zero-order valence-corrected chi connectivity index (χ0v) is 10.1. The van der Waals surface area contributed by atoms with Crippen LogP contribution < -0.4 is 16.6 Å². The third kappa shape index (κ3) is 1.75. The number of halogens is 1. The molecule has 2 amide bonds. The van der Waals surface area contributed by atoms with E-state index in [0.717, 1.165) is 6.07 Å². The monoisotopic (exact) mass is 291 g/mol. The van der Waals surface area contributed by atoms with E-state index in [2.05, 4.69) is 5.32 Å². The van der Waals surface area contributed by atoms with Gasteiger partial charge in [-0.2, -0.15) is 4.39 Å². The van der Waals surface area contributed by atoms with E-state index in [1.165, 1.54) is 12.1 Å². The molecule has 0 aliphatic carbocycles. The molecule has 0 saturated carbocycles. The predicted octanol–water partition coefficient (Wildman–Crippen LogP) is -0.746. The fourth-order valence-electron chi connectivity index (χ4n) is 2.04. The number of H-pyrrole nitrogens is 1. The number of benzene rings is 1. The lowest BCUT2D eigenvalue weighted by Gasteiger charge is -2.08. The van der Waals surface area contributed by atoms with E-state index in [1.807, 2.05) is 0 Å². The summed E-state index contributed by atoms with van der Waals surface area (Å²) in [7, 11) is 0. The average Bonchev–Trinajstić information content (AvgIpc) is 2.71. The Labute approximate surface area is 114 Å². The number of aromatic amines is 1. The van der Waals surface area contributed by atoms with Crippen molar-refractivity contribution in [1.82, 2.24) is 14.9 Å². The topological polar surface area (TPSA) is 121 Å². The lowest BCUT2D eigenvalue weighted by Crippen LogP contribution is -2.31. The molecule has 1 aromatic carbocycles. The first-order valence-corrected chi connectivity index (χ1v) is 5.64. The molecule has 1 aliphatic rings. The number of nitrogens with one attached hydrogen (secondary N) is 2. The van der Waals surface area contributed by atoms with Crippen LogP contribution in [0, 0.1) is 5.82 Å². The highest BCUT2D eigenvalue weighted by molar-refractivity contribution is 6.21. The molecule has 9 heteroatoms. The zero-order chi connectivity index (χ0) is 15.3. The van der Waals surface area contributed by atoms with E-state index in [9.17, 15) is 28.7 Å². The Morgan fingerprint density at radius 2 is 1.71 bits per heavy atom. The second kappa shape index (κ2) is 4.13. The Bertz CT molecular complexity index is 927. The van der Waals surface area contributed by atoms with Crippen LogP contribution in [0.25, 0.3) is 5.69 Å². The van der Waals surface area contributed by atoms with Crippen LogP contribution in [0.1, 0.15) is 20.7 Å². The third-order valence-electron chi connectivity index (χ3n) is 3.01. The van der Waals surface area contributed by atoms with Crippen molar-refractivity contribution in [3.05, 3.63) is 56.0 Å². The maximum atomic E-state index is 13.4. The fourth-order valence-corrected chi connectivity index (χ4v) is 2.04. The number of fused-ring (bicyclic) bond motifs is 1. The van der Waals surface area contributed by atoms with Crippen molar-refractivity contribution in [1.29, 1.82) is 0 Å². The summed E-state index contributed by atoms with van der Waals surface area (Å²) in [6.07, 6.45) is 0. The van der Waals surface area contributed by atoms with Crippen LogP contribution in [-0.2, 0) is 0 Å². The second-order valence-electron chi connectivity index (χ2n) is 4.25. The summed E-state index contributed by atoms with van der Waals surface area (Å²) in [5.74, 6) is -3.98. The summed E-state index contributed by atoms with van der Waals surface area (Å²) < 4.78 is 13.9. The summed E-state index contributed by atoms with van der Waals surface area (Å²) in [6, 6.07) is 3.62. The molecule has 2 heterocycles. The SMILES string of the molecule is O=C1NC(=O)c2cc(-n3c(O)c(F)c(=O)[nH]c3=O)ccc21. The Morgan fingerprint density at radius 3 is 2.43 bits per heavy atom. The van der Waals surface area contributed by atoms with Crippen LogP contribution in [0.5, 0.6) is 5.88 Å². The van der Waals surface area contributed by atoms with Crippen LogP contribution >= 0.6 is 0 Å². The normalized spacial score (nSPS) is 13.2. The number of carbonyl (C=O) groups excluding carboxylic acids is 2. The van der Waals surface area contributed by atoms with Gasteiger partial charge in [-0.15, -0.1) is 0 Å². The zero-order valence-electron chi connectivity index (χ0n) is 10.1. The van der Waals surface area contributed by atoms with Gasteiger partial charge in [0.15, 0.2) is 0 Å². The molecule has 0 saturated heterocycles. The number of hydrogen-bond donors (Lipinski definition) is 3. The van der Waals surface area contributed by atoms with E-state index in [1.54, 1.807) is 4.98 Å². The lowest BCUT2D eigenvalue weighted by molar-refractivity contribution is 0.0879. The van der Waals surface area contributed by atoms with Gasteiger partial charge in [-0.05, 0) is 18.2 Å². The van der Waals surface area contributed by atoms with Gasteiger partial charge in [0.25, 0.3) is 17.4 Å². The molecule has 0 unspecified atom stereocenters. The average molecular weight is 291 g/mol. The summed E-state index contributed by atoms with van der Waals surface area (Å²) in [5, 5.41) is 11.6. The van der Waals surface area contributed by atoms with Crippen LogP contribution in [0.3, 0.4) is 0 Å². The number of carbonyl (C=O) groups is 2. The molecule has 0 radical (unpaired) electrons. The van der Waals surface area contributed by atoms with Crippen LogP contribution in [0.2, 0.25) is 0 Å². The highest BCUT2D eigenvalue weighted by atomic mass is 19.1. The summed E-state index contributed by atoms with van der Waals surface area (Å²) in [4.78, 5) is 47.3. The summed E-state index contributed by atoms with van der Waals surface area (Å²) in [5.41, 5.74) is -2.43. The maximum Gasteiger partial charge on any atom is 0.335 e. The van der Waals surface area contributed by atoms with Crippen LogP contribution in [0.4, 0.5) is 4.39 Å². The Hall–Kier alpha value is -3.23. The molecule has 0 fully saturated rings. The smallest absolute Gasteiger partial charge is 0.335 e. The highest BCUT2D eigenvalue weighted by Gasteiger charge is 2.27. The number of amides is 2. The summed E-state index contributed by atoms with van der Waals surface area (Å²) in [6.45, 7) is 0. The number of imide groups is 1. The van der Waals surface area contributed by atoms with Gasteiger partial charge in [0.05, 0.1) is 16.8 Å². The first-order valence-electron chi connectivity index (χ1n) is 5.64. The van der Waals surface area contributed by atoms with Crippen molar-refractivity contribution in [2.75, 3.05) is 0 Å². The number of aromatic hydroxyl groups is 1. The molecule has 3 rings (SSSR count). The molecule has 3 N–H and O–H groups in total. The molecule has 0 atom stereocenters. The maximum absolute atomic E-state index is 13.4. The number of rotatable bonds is 1. The third-order valence-corrected chi connectivity index (χ3v) is 3.01. The number of aromatic nitrogens is 2. The van der Waals surface area contributed by atoms with E-state index in [4.69, 9.17) is 0 Å². The lowest BCUT2D eigenvalue weighted by atomic mass is 10.1. The van der Waals surface area contributed by atoms with Gasteiger partial charge in [0, 0.05) is 0 Å². The second-order valence-corrected chi connectivity index (χ2v) is 4.25. The van der Waals surface area contributed by atoms with Crippen molar-refractivity contribution in [3.8, 4) is 11.6 Å². The standard InChI is InChI=1S/C12H6FN3O5/c13-7-10(19)15-12(21)16(11(7)20)4-1-2-5-6(3-4)9(18)14-8(5)17/h1-3,20H,(H,14,17,18)(H,15,19,21). The number of hydrogen-bond acceptors (Lipinski definition) is 5. The van der Waals surface area contributed by atoms with E-state index >= 15 is 0 Å². The van der Waals surface area contributed by atoms with Crippen molar-refractivity contribution in [2.24, 2.45) is 0 Å². The van der Waals surface area contributed by atoms with Crippen molar-refractivity contribution < 1.29 is 19.1 Å². The van der Waals surface area contributed by atoms with Crippen molar-refractivity contribution in [2.45, 2.75) is 0 Å². The minimum atomic E-state index is -1.53. The summed E-state index contributed by atoms with van der Waals surface area (Å²) >= 11 is 0. The molecule has 8 nitrogen and oxygen atoms in total. The van der Waals surface area contributed by atoms with Gasteiger partial charge in [-0.25, -0.2) is 9.36 Å². The molecule has 0 bridgehead atoms. The Kier molecular flexibility index (Phi) is 2.52. The van der Waals surface area contributed by atoms with E-state index in [-0.39, 0.29) is 16.8 Å². The van der Waals surface area contributed by atoms with E-state index < -0.39 is 34.8 Å². The number of nitrogens with zero attached hydrogens (tertiary/aromatic N) is 1. The molecule has 0 spiro atoms.